The predicted molar refractivity (Wildman–Crippen MR) is 83.9 cm³/mol. The van der Waals surface area contributed by atoms with E-state index in [1.807, 2.05) is 13.8 Å². The van der Waals surface area contributed by atoms with Crippen molar-refractivity contribution in [1.29, 1.82) is 0 Å². The maximum absolute atomic E-state index is 12.2. The van der Waals surface area contributed by atoms with Crippen LogP contribution in [0.5, 0.6) is 5.75 Å². The second-order valence-electron chi connectivity index (χ2n) is 5.78. The van der Waals surface area contributed by atoms with Gasteiger partial charge in [-0.3, -0.25) is 14.9 Å². The van der Waals surface area contributed by atoms with Crippen LogP contribution < -0.4 is 15.0 Å². The smallest absolute Gasteiger partial charge is 0.279 e. The number of morpholine rings is 1. The van der Waals surface area contributed by atoms with Crippen molar-refractivity contribution in [2.75, 3.05) is 32.1 Å². The molecule has 0 unspecified atom stereocenters. The number of hydrogen-bond donors (Lipinski definition) is 2. The highest BCUT2D eigenvalue weighted by atomic mass is 16.6. The summed E-state index contributed by atoms with van der Waals surface area (Å²) < 4.78 is 10.8. The van der Waals surface area contributed by atoms with Crippen LogP contribution in [0.4, 0.5) is 11.4 Å². The maximum atomic E-state index is 12.2. The Morgan fingerprint density at radius 3 is 2.65 bits per heavy atom. The van der Waals surface area contributed by atoms with E-state index in [0.29, 0.717) is 12.2 Å². The van der Waals surface area contributed by atoms with Crippen LogP contribution in [-0.4, -0.2) is 49.8 Å². The molecule has 2 atom stereocenters. The van der Waals surface area contributed by atoms with E-state index in [2.05, 4.69) is 5.32 Å². The van der Waals surface area contributed by atoms with Gasteiger partial charge in [-0.2, -0.15) is 0 Å². The van der Waals surface area contributed by atoms with Crippen molar-refractivity contribution in [3.63, 3.8) is 0 Å². The number of nitrogens with zero attached hydrogens (tertiary/aromatic N) is 1. The number of nitro benzene ring substituents is 1. The first-order chi connectivity index (χ1) is 10.9. The van der Waals surface area contributed by atoms with Crippen LogP contribution in [0, 0.1) is 10.1 Å². The van der Waals surface area contributed by atoms with Gasteiger partial charge in [-0.1, -0.05) is 0 Å². The molecule has 0 saturated carbocycles. The summed E-state index contributed by atoms with van der Waals surface area (Å²) in [4.78, 5) is 23.6. The van der Waals surface area contributed by atoms with Crippen molar-refractivity contribution >= 4 is 17.3 Å². The first-order valence-corrected chi connectivity index (χ1v) is 7.50. The zero-order valence-corrected chi connectivity index (χ0v) is 13.5. The normalized spacial score (nSPS) is 24.0. The Labute approximate surface area is 134 Å². The number of non-ortho nitro benzene ring substituents is 1. The van der Waals surface area contributed by atoms with Gasteiger partial charge in [-0.15, -0.1) is 0 Å². The van der Waals surface area contributed by atoms with Gasteiger partial charge in [-0.05, 0) is 19.9 Å². The van der Waals surface area contributed by atoms with Gasteiger partial charge in [-0.25, -0.2) is 0 Å². The van der Waals surface area contributed by atoms with Gasteiger partial charge in [0.2, 0.25) is 0 Å². The van der Waals surface area contributed by atoms with E-state index >= 15 is 0 Å². The van der Waals surface area contributed by atoms with E-state index in [1.165, 1.54) is 25.3 Å². The van der Waals surface area contributed by atoms with Crippen molar-refractivity contribution in [2.45, 2.75) is 26.1 Å². The fourth-order valence-electron chi connectivity index (χ4n) is 2.85. The highest BCUT2D eigenvalue weighted by Crippen LogP contribution is 2.28. The third kappa shape index (κ3) is 4.64. The fourth-order valence-corrected chi connectivity index (χ4v) is 2.85. The molecule has 2 rings (SSSR count). The summed E-state index contributed by atoms with van der Waals surface area (Å²) in [6.07, 6.45) is 0.242. The standard InChI is InChI=1S/C15H21N3O5/c1-10-7-17(8-11(2)23-10)9-15(19)16-13-5-4-12(18(20)21)6-14(13)22-3/h4-6,10-11H,7-9H2,1-3H3,(H,16,19)/p+1/t10-,11-/m0/s1. The zero-order chi connectivity index (χ0) is 17.0. The highest BCUT2D eigenvalue weighted by molar-refractivity contribution is 5.93. The number of methoxy groups -OCH3 is 1. The number of nitrogens with one attached hydrogen (secondary N) is 2. The van der Waals surface area contributed by atoms with Crippen LogP contribution in [0.15, 0.2) is 18.2 Å². The largest absolute Gasteiger partial charge is 0.494 e. The maximum Gasteiger partial charge on any atom is 0.279 e. The molecule has 0 spiro atoms. The lowest BCUT2D eigenvalue weighted by Gasteiger charge is -2.31. The summed E-state index contributed by atoms with van der Waals surface area (Å²) in [5.41, 5.74) is 0.346. The molecule has 0 radical (unpaired) electrons. The average molecular weight is 324 g/mol. The Morgan fingerprint density at radius 1 is 1.43 bits per heavy atom. The average Bonchev–Trinajstić information content (AvgIpc) is 2.46. The quantitative estimate of drug-likeness (QED) is 0.597. The van der Waals surface area contributed by atoms with Crippen molar-refractivity contribution in [2.24, 2.45) is 0 Å². The topological polar surface area (TPSA) is 95.1 Å². The van der Waals surface area contributed by atoms with E-state index in [1.54, 1.807) is 0 Å². The number of carbonyl (C=O) groups excluding carboxylic acids is 1. The van der Waals surface area contributed by atoms with Gasteiger partial charge in [0.05, 0.1) is 23.8 Å². The number of nitro groups is 1. The van der Waals surface area contributed by atoms with E-state index in [4.69, 9.17) is 9.47 Å². The van der Waals surface area contributed by atoms with Crippen molar-refractivity contribution < 1.29 is 24.1 Å². The van der Waals surface area contributed by atoms with Gasteiger partial charge in [0.25, 0.3) is 11.6 Å². The van der Waals surface area contributed by atoms with E-state index in [9.17, 15) is 14.9 Å². The minimum Gasteiger partial charge on any atom is -0.494 e. The second-order valence-corrected chi connectivity index (χ2v) is 5.78. The molecule has 1 aromatic rings. The van der Waals surface area contributed by atoms with Crippen molar-refractivity contribution in [1.82, 2.24) is 0 Å². The Balaban J connectivity index is 2.01. The molecule has 1 saturated heterocycles. The molecule has 1 fully saturated rings. The predicted octanol–water partition coefficient (Wildman–Crippen LogP) is 0.234. The number of benzene rings is 1. The molecule has 1 heterocycles. The molecule has 0 aromatic heterocycles. The molecule has 1 amide bonds. The summed E-state index contributed by atoms with van der Waals surface area (Å²) in [5.74, 6) is 0.111. The Hall–Kier alpha value is -2.19. The number of hydrogen-bond acceptors (Lipinski definition) is 5. The van der Waals surface area contributed by atoms with Crippen LogP contribution >= 0.6 is 0 Å². The Bertz CT molecular complexity index is 582. The molecule has 126 valence electrons. The molecule has 8 nitrogen and oxygen atoms in total. The lowest BCUT2D eigenvalue weighted by Crippen LogP contribution is -3.16. The molecule has 0 bridgehead atoms. The lowest BCUT2D eigenvalue weighted by atomic mass is 10.2. The third-order valence-electron chi connectivity index (χ3n) is 3.70. The van der Waals surface area contributed by atoms with Gasteiger partial charge in [0.15, 0.2) is 6.54 Å². The SMILES string of the molecule is COc1cc([N+](=O)[O-])ccc1NC(=O)C[NH+]1C[C@H](C)O[C@@H](C)C1. The zero-order valence-electron chi connectivity index (χ0n) is 13.5. The number of amides is 1. The van der Waals surface area contributed by atoms with Crippen LogP contribution in [-0.2, 0) is 9.53 Å². The van der Waals surface area contributed by atoms with E-state index < -0.39 is 4.92 Å². The number of anilines is 1. The van der Waals surface area contributed by atoms with Gasteiger partial charge in [0, 0.05) is 6.07 Å². The molecular weight excluding hydrogens is 302 g/mol. The monoisotopic (exact) mass is 324 g/mol. The molecule has 23 heavy (non-hydrogen) atoms. The summed E-state index contributed by atoms with van der Waals surface area (Å²) >= 11 is 0. The van der Waals surface area contributed by atoms with Gasteiger partial charge in [0.1, 0.15) is 31.0 Å². The molecule has 8 heteroatoms. The number of carbonyl (C=O) groups is 1. The lowest BCUT2D eigenvalue weighted by molar-refractivity contribution is -0.907. The van der Waals surface area contributed by atoms with Gasteiger partial charge >= 0.3 is 0 Å². The number of quaternary nitrogens is 1. The third-order valence-corrected chi connectivity index (χ3v) is 3.70. The molecule has 1 aromatic carbocycles. The minimum absolute atomic E-state index is 0.0821. The van der Waals surface area contributed by atoms with E-state index in [0.717, 1.165) is 18.0 Å². The van der Waals surface area contributed by atoms with Crippen molar-refractivity contribution in [3.05, 3.63) is 28.3 Å². The van der Waals surface area contributed by atoms with Crippen LogP contribution in [0.25, 0.3) is 0 Å². The first-order valence-electron chi connectivity index (χ1n) is 7.50. The molecule has 0 aliphatic carbocycles. The summed E-state index contributed by atoms with van der Waals surface area (Å²) in [7, 11) is 1.41. The van der Waals surface area contributed by atoms with E-state index in [-0.39, 0.29) is 29.6 Å². The van der Waals surface area contributed by atoms with Crippen LogP contribution in [0.2, 0.25) is 0 Å². The molecule has 1 aliphatic heterocycles. The fraction of sp³-hybridized carbons (Fsp3) is 0.533. The van der Waals surface area contributed by atoms with Crippen molar-refractivity contribution in [3.8, 4) is 5.75 Å². The Morgan fingerprint density at radius 2 is 2.09 bits per heavy atom. The molecule has 1 aliphatic rings. The first kappa shape index (κ1) is 17.2. The second kappa shape index (κ2) is 7.38. The van der Waals surface area contributed by atoms with Crippen LogP contribution in [0.3, 0.4) is 0 Å². The minimum atomic E-state index is -0.505. The van der Waals surface area contributed by atoms with Gasteiger partial charge < -0.3 is 19.7 Å². The summed E-state index contributed by atoms with van der Waals surface area (Å²) in [5, 5.41) is 13.5. The van der Waals surface area contributed by atoms with Crippen LogP contribution in [0.1, 0.15) is 13.8 Å². The Kier molecular flexibility index (Phi) is 5.51. The summed E-state index contributed by atoms with van der Waals surface area (Å²) in [6, 6.07) is 4.11. The number of rotatable bonds is 5. The molecular formula is C15H22N3O5+. The highest BCUT2D eigenvalue weighted by Gasteiger charge is 2.27. The molecule has 2 N–H and O–H groups in total. The summed E-state index contributed by atoms with van der Waals surface area (Å²) in [6.45, 7) is 5.85. The number of ether oxygens (including phenoxy) is 2.